The fourth-order valence-corrected chi connectivity index (χ4v) is 2.87. The second kappa shape index (κ2) is 4.58. The van der Waals surface area contributed by atoms with Crippen LogP contribution in [0.15, 0.2) is 21.3 Å². The van der Waals surface area contributed by atoms with E-state index in [4.69, 9.17) is 4.52 Å². The number of hydrogen-bond acceptors (Lipinski definition) is 5. The maximum absolute atomic E-state index is 9.46. The molecule has 0 spiro atoms. The minimum atomic E-state index is -0.148. The molecule has 0 aliphatic heterocycles. The third kappa shape index (κ3) is 2.25. The molecule has 5 heteroatoms. The molecule has 0 atom stereocenters. The van der Waals surface area contributed by atoms with Crippen LogP contribution in [0.1, 0.15) is 37.5 Å². The molecule has 17 heavy (non-hydrogen) atoms. The molecule has 2 aromatic heterocycles. The Labute approximate surface area is 103 Å². The molecule has 0 saturated heterocycles. The molecular formula is C12H14N2O2S. The molecule has 0 amide bonds. The Balaban J connectivity index is 1.76. The van der Waals surface area contributed by atoms with Crippen molar-refractivity contribution in [2.75, 3.05) is 0 Å². The number of aliphatic hydroxyl groups is 1. The predicted octanol–water partition coefficient (Wildman–Crippen LogP) is 2.82. The third-order valence-corrected chi connectivity index (χ3v) is 3.95. The Hall–Kier alpha value is -1.20. The smallest absolute Gasteiger partial charge is 0.230 e. The zero-order valence-electron chi connectivity index (χ0n) is 9.37. The van der Waals surface area contributed by atoms with Gasteiger partial charge in [0.2, 0.25) is 11.7 Å². The van der Waals surface area contributed by atoms with Crippen LogP contribution in [0.4, 0.5) is 0 Å². The van der Waals surface area contributed by atoms with Crippen molar-refractivity contribution in [2.45, 2.75) is 37.7 Å². The van der Waals surface area contributed by atoms with Crippen molar-refractivity contribution in [3.8, 4) is 11.4 Å². The molecule has 90 valence electrons. The van der Waals surface area contributed by atoms with Crippen LogP contribution in [0.2, 0.25) is 0 Å². The van der Waals surface area contributed by atoms with Gasteiger partial charge in [-0.15, -0.1) is 0 Å². The fourth-order valence-electron chi connectivity index (χ4n) is 2.23. The van der Waals surface area contributed by atoms with Crippen molar-refractivity contribution >= 4 is 11.3 Å². The standard InChI is InChI=1S/C12H14N2O2S/c15-10-3-1-8(2-4-10)12-13-11(14-16-12)9-5-6-17-7-9/h5-8,10,15H,1-4H2. The van der Waals surface area contributed by atoms with Gasteiger partial charge in [-0.05, 0) is 37.1 Å². The molecule has 3 rings (SSSR count). The number of thiophene rings is 1. The van der Waals surface area contributed by atoms with Crippen molar-refractivity contribution < 1.29 is 9.63 Å². The van der Waals surface area contributed by atoms with E-state index >= 15 is 0 Å². The lowest BCUT2D eigenvalue weighted by atomic mass is 9.87. The summed E-state index contributed by atoms with van der Waals surface area (Å²) in [6, 6.07) is 1.99. The quantitative estimate of drug-likeness (QED) is 0.890. The number of rotatable bonds is 2. The fraction of sp³-hybridized carbons (Fsp3) is 0.500. The van der Waals surface area contributed by atoms with Crippen molar-refractivity contribution in [1.29, 1.82) is 0 Å². The summed E-state index contributed by atoms with van der Waals surface area (Å²) in [5.41, 5.74) is 1.01. The van der Waals surface area contributed by atoms with Gasteiger partial charge in [0, 0.05) is 16.9 Å². The van der Waals surface area contributed by atoms with Gasteiger partial charge in [0.05, 0.1) is 6.10 Å². The average Bonchev–Trinajstić information content (AvgIpc) is 3.00. The summed E-state index contributed by atoms with van der Waals surface area (Å²) >= 11 is 1.62. The molecule has 1 N–H and O–H groups in total. The van der Waals surface area contributed by atoms with Gasteiger partial charge in [0.25, 0.3) is 0 Å². The molecule has 0 bridgehead atoms. The van der Waals surface area contributed by atoms with Gasteiger partial charge < -0.3 is 9.63 Å². The first-order valence-electron chi connectivity index (χ1n) is 5.87. The molecule has 1 fully saturated rings. The van der Waals surface area contributed by atoms with E-state index < -0.39 is 0 Å². The molecule has 0 unspecified atom stereocenters. The lowest BCUT2D eigenvalue weighted by Crippen LogP contribution is -2.17. The minimum Gasteiger partial charge on any atom is -0.393 e. The van der Waals surface area contributed by atoms with Gasteiger partial charge in [0.1, 0.15) is 0 Å². The number of nitrogens with zero attached hydrogens (tertiary/aromatic N) is 2. The van der Waals surface area contributed by atoms with E-state index in [1.807, 2.05) is 16.8 Å². The van der Waals surface area contributed by atoms with Crippen LogP contribution in [0.3, 0.4) is 0 Å². The Bertz CT molecular complexity index is 472. The lowest BCUT2D eigenvalue weighted by Gasteiger charge is -2.22. The molecule has 0 aromatic carbocycles. The lowest BCUT2D eigenvalue weighted by molar-refractivity contribution is 0.116. The summed E-state index contributed by atoms with van der Waals surface area (Å²) in [6.07, 6.45) is 3.39. The Morgan fingerprint density at radius 2 is 2.12 bits per heavy atom. The topological polar surface area (TPSA) is 59.2 Å². The van der Waals surface area contributed by atoms with Gasteiger partial charge in [-0.3, -0.25) is 0 Å². The number of aliphatic hydroxyl groups excluding tert-OH is 1. The Kier molecular flexibility index (Phi) is 2.94. The first-order valence-corrected chi connectivity index (χ1v) is 6.81. The van der Waals surface area contributed by atoms with E-state index in [-0.39, 0.29) is 6.10 Å². The number of hydrogen-bond donors (Lipinski definition) is 1. The highest BCUT2D eigenvalue weighted by Crippen LogP contribution is 2.32. The summed E-state index contributed by atoms with van der Waals surface area (Å²) < 4.78 is 5.33. The molecule has 1 aliphatic carbocycles. The molecular weight excluding hydrogens is 236 g/mol. The summed E-state index contributed by atoms with van der Waals surface area (Å²) in [5.74, 6) is 1.71. The number of aromatic nitrogens is 2. The normalized spacial score (nSPS) is 25.0. The largest absolute Gasteiger partial charge is 0.393 e. The van der Waals surface area contributed by atoms with Crippen molar-refractivity contribution in [2.24, 2.45) is 0 Å². The van der Waals surface area contributed by atoms with Crippen LogP contribution in [0, 0.1) is 0 Å². The van der Waals surface area contributed by atoms with Crippen molar-refractivity contribution in [3.63, 3.8) is 0 Å². The highest BCUT2D eigenvalue weighted by Gasteiger charge is 2.25. The van der Waals surface area contributed by atoms with E-state index in [1.54, 1.807) is 11.3 Å². The zero-order valence-corrected chi connectivity index (χ0v) is 10.2. The second-order valence-electron chi connectivity index (χ2n) is 4.47. The second-order valence-corrected chi connectivity index (χ2v) is 5.25. The van der Waals surface area contributed by atoms with Crippen LogP contribution in [0.25, 0.3) is 11.4 Å². The molecule has 1 aliphatic rings. The van der Waals surface area contributed by atoms with Gasteiger partial charge in [-0.2, -0.15) is 16.3 Å². The van der Waals surface area contributed by atoms with Gasteiger partial charge in [-0.25, -0.2) is 0 Å². The first kappa shape index (κ1) is 10.9. The Morgan fingerprint density at radius 1 is 1.29 bits per heavy atom. The van der Waals surface area contributed by atoms with Gasteiger partial charge in [-0.1, -0.05) is 5.16 Å². The first-order chi connectivity index (χ1) is 8.33. The van der Waals surface area contributed by atoms with Crippen LogP contribution in [-0.4, -0.2) is 21.4 Å². The Morgan fingerprint density at radius 3 is 2.82 bits per heavy atom. The molecule has 4 nitrogen and oxygen atoms in total. The van der Waals surface area contributed by atoms with Crippen LogP contribution >= 0.6 is 11.3 Å². The van der Waals surface area contributed by atoms with Crippen LogP contribution in [0.5, 0.6) is 0 Å². The molecule has 2 aromatic rings. The van der Waals surface area contributed by atoms with Crippen LogP contribution < -0.4 is 0 Å². The van der Waals surface area contributed by atoms with Gasteiger partial charge >= 0.3 is 0 Å². The molecule has 0 radical (unpaired) electrons. The monoisotopic (exact) mass is 250 g/mol. The van der Waals surface area contributed by atoms with E-state index in [2.05, 4.69) is 10.1 Å². The summed E-state index contributed by atoms with van der Waals surface area (Å²) in [6.45, 7) is 0. The average molecular weight is 250 g/mol. The van der Waals surface area contributed by atoms with E-state index in [9.17, 15) is 5.11 Å². The van der Waals surface area contributed by atoms with E-state index in [1.165, 1.54) is 0 Å². The van der Waals surface area contributed by atoms with Crippen molar-refractivity contribution in [1.82, 2.24) is 10.1 Å². The highest BCUT2D eigenvalue weighted by atomic mass is 32.1. The van der Waals surface area contributed by atoms with Crippen molar-refractivity contribution in [3.05, 3.63) is 22.7 Å². The maximum atomic E-state index is 9.46. The predicted molar refractivity (Wildman–Crippen MR) is 64.8 cm³/mol. The van der Waals surface area contributed by atoms with E-state index in [0.29, 0.717) is 11.7 Å². The highest BCUT2D eigenvalue weighted by molar-refractivity contribution is 7.08. The minimum absolute atomic E-state index is 0.148. The van der Waals surface area contributed by atoms with Crippen LogP contribution in [-0.2, 0) is 0 Å². The summed E-state index contributed by atoms with van der Waals surface area (Å²) in [7, 11) is 0. The zero-order chi connectivity index (χ0) is 11.7. The SMILES string of the molecule is OC1CCC(c2nc(-c3ccsc3)no2)CC1. The summed E-state index contributed by atoms with van der Waals surface area (Å²) in [4.78, 5) is 4.45. The molecule has 1 saturated carbocycles. The van der Waals surface area contributed by atoms with E-state index in [0.717, 1.165) is 37.1 Å². The third-order valence-electron chi connectivity index (χ3n) is 3.27. The van der Waals surface area contributed by atoms with Gasteiger partial charge in [0.15, 0.2) is 0 Å². The maximum Gasteiger partial charge on any atom is 0.230 e. The molecule has 2 heterocycles. The summed E-state index contributed by atoms with van der Waals surface area (Å²) in [5, 5.41) is 17.5.